The number of carboxylic acids is 1. The zero-order chi connectivity index (χ0) is 11.9. The Morgan fingerprint density at radius 2 is 1.93 bits per heavy atom. The molecule has 4 heteroatoms. The van der Waals surface area contributed by atoms with E-state index in [0.29, 0.717) is 0 Å². The van der Waals surface area contributed by atoms with Gasteiger partial charge in [-0.3, -0.25) is 10.1 Å². The molecule has 88 valence electrons. The van der Waals surface area contributed by atoms with Gasteiger partial charge in [-0.15, -0.1) is 0 Å². The van der Waals surface area contributed by atoms with Crippen LogP contribution in [0.5, 0.6) is 0 Å². The van der Waals surface area contributed by atoms with Crippen molar-refractivity contribution in [3.8, 4) is 0 Å². The molecule has 1 fully saturated rings. The van der Waals surface area contributed by atoms with E-state index in [1.807, 2.05) is 34.6 Å². The Balaban J connectivity index is 3.26. The third-order valence-corrected chi connectivity index (χ3v) is 4.74. The van der Waals surface area contributed by atoms with Crippen LogP contribution in [0.4, 0.5) is 0 Å². The van der Waals surface area contributed by atoms with E-state index >= 15 is 0 Å². The van der Waals surface area contributed by atoms with Gasteiger partial charge < -0.3 is 5.11 Å². The van der Waals surface area contributed by atoms with Gasteiger partial charge in [0.1, 0.15) is 5.54 Å². The van der Waals surface area contributed by atoms with Crippen molar-refractivity contribution in [3.63, 3.8) is 0 Å². The summed E-state index contributed by atoms with van der Waals surface area (Å²) in [7, 11) is 0. The molecule has 0 aromatic rings. The monoisotopic (exact) mass is 231 g/mol. The highest BCUT2D eigenvalue weighted by molar-refractivity contribution is 8.00. The SMILES string of the molecule is CC(C)(C)[C@@]1(C(=O)O)NCCSC1(C)C. The summed E-state index contributed by atoms with van der Waals surface area (Å²) in [4.78, 5) is 11.7. The molecule has 1 rings (SSSR count). The summed E-state index contributed by atoms with van der Waals surface area (Å²) in [5, 5.41) is 12.8. The van der Waals surface area contributed by atoms with Crippen molar-refractivity contribution in [1.29, 1.82) is 0 Å². The lowest BCUT2D eigenvalue weighted by molar-refractivity contribution is -0.152. The lowest BCUT2D eigenvalue weighted by atomic mass is 9.66. The third kappa shape index (κ3) is 1.78. The zero-order valence-corrected chi connectivity index (χ0v) is 11.0. The number of aliphatic carboxylic acids is 1. The fraction of sp³-hybridized carbons (Fsp3) is 0.909. The van der Waals surface area contributed by atoms with Gasteiger partial charge in [-0.1, -0.05) is 20.8 Å². The Hall–Kier alpha value is -0.220. The van der Waals surface area contributed by atoms with Crippen molar-refractivity contribution in [1.82, 2.24) is 5.32 Å². The van der Waals surface area contributed by atoms with Gasteiger partial charge in [-0.25, -0.2) is 0 Å². The fourth-order valence-electron chi connectivity index (χ4n) is 2.69. The Morgan fingerprint density at radius 3 is 2.20 bits per heavy atom. The molecule has 0 amide bonds. The minimum Gasteiger partial charge on any atom is -0.480 e. The van der Waals surface area contributed by atoms with Crippen molar-refractivity contribution in [2.75, 3.05) is 12.3 Å². The molecule has 0 aliphatic carbocycles. The summed E-state index contributed by atoms with van der Waals surface area (Å²) < 4.78 is -0.296. The molecule has 3 nitrogen and oxygen atoms in total. The van der Waals surface area contributed by atoms with Crippen LogP contribution in [0.2, 0.25) is 0 Å². The largest absolute Gasteiger partial charge is 0.480 e. The fourth-order valence-corrected chi connectivity index (χ4v) is 4.08. The van der Waals surface area contributed by atoms with Crippen molar-refractivity contribution >= 4 is 17.7 Å². The van der Waals surface area contributed by atoms with Crippen molar-refractivity contribution in [2.45, 2.75) is 44.9 Å². The molecule has 15 heavy (non-hydrogen) atoms. The molecule has 1 aliphatic rings. The second kappa shape index (κ2) is 3.67. The molecule has 0 aromatic heterocycles. The number of nitrogens with one attached hydrogen (secondary N) is 1. The van der Waals surface area contributed by atoms with E-state index in [-0.39, 0.29) is 10.2 Å². The highest BCUT2D eigenvalue weighted by Gasteiger charge is 2.60. The molecule has 0 radical (unpaired) electrons. The molecule has 0 unspecified atom stereocenters. The van der Waals surface area contributed by atoms with E-state index in [0.717, 1.165) is 12.3 Å². The van der Waals surface area contributed by atoms with Crippen LogP contribution in [0.1, 0.15) is 34.6 Å². The summed E-state index contributed by atoms with van der Waals surface area (Å²) in [5.41, 5.74) is -1.17. The molecule has 1 aliphatic heterocycles. The van der Waals surface area contributed by atoms with Crippen LogP contribution in [0.3, 0.4) is 0 Å². The second-order valence-corrected chi connectivity index (χ2v) is 7.31. The van der Waals surface area contributed by atoms with Gasteiger partial charge in [0.2, 0.25) is 0 Å². The smallest absolute Gasteiger partial charge is 0.325 e. The number of hydrogen-bond donors (Lipinski definition) is 2. The molecular formula is C11H21NO2S. The summed E-state index contributed by atoms with van der Waals surface area (Å²) in [6.45, 7) is 10.8. The summed E-state index contributed by atoms with van der Waals surface area (Å²) in [5.74, 6) is 0.227. The normalized spacial score (nSPS) is 31.3. The van der Waals surface area contributed by atoms with Gasteiger partial charge in [0.05, 0.1) is 0 Å². The van der Waals surface area contributed by atoms with Gasteiger partial charge in [0.15, 0.2) is 0 Å². The number of thioether (sulfide) groups is 1. The summed E-state index contributed by atoms with van der Waals surface area (Å²) in [6, 6.07) is 0. The van der Waals surface area contributed by atoms with Crippen molar-refractivity contribution in [3.05, 3.63) is 0 Å². The molecule has 0 spiro atoms. The predicted molar refractivity (Wildman–Crippen MR) is 64.4 cm³/mol. The number of rotatable bonds is 1. The van der Waals surface area contributed by atoms with E-state index in [2.05, 4.69) is 5.32 Å². The van der Waals surface area contributed by atoms with Crippen LogP contribution in [0, 0.1) is 5.41 Å². The molecule has 1 saturated heterocycles. The molecule has 0 bridgehead atoms. The molecule has 1 atom stereocenters. The van der Waals surface area contributed by atoms with Crippen LogP contribution in [0.15, 0.2) is 0 Å². The topological polar surface area (TPSA) is 49.3 Å². The van der Waals surface area contributed by atoms with Crippen LogP contribution in [0.25, 0.3) is 0 Å². The van der Waals surface area contributed by atoms with Crippen LogP contribution >= 0.6 is 11.8 Å². The van der Waals surface area contributed by atoms with E-state index in [9.17, 15) is 9.90 Å². The first-order valence-corrected chi connectivity index (χ1v) is 6.26. The molecule has 0 aromatic carbocycles. The van der Waals surface area contributed by atoms with Crippen LogP contribution in [-0.2, 0) is 4.79 Å². The second-order valence-electron chi connectivity index (χ2n) is 5.59. The highest BCUT2D eigenvalue weighted by Crippen LogP contribution is 2.48. The van der Waals surface area contributed by atoms with E-state index in [1.54, 1.807) is 11.8 Å². The first-order chi connectivity index (χ1) is 6.65. The van der Waals surface area contributed by atoms with Gasteiger partial charge in [0, 0.05) is 17.0 Å². The van der Waals surface area contributed by atoms with Gasteiger partial charge in [-0.2, -0.15) is 11.8 Å². The minimum atomic E-state index is -0.858. The van der Waals surface area contributed by atoms with Crippen LogP contribution in [-0.4, -0.2) is 33.7 Å². The maximum absolute atomic E-state index is 11.7. The zero-order valence-electron chi connectivity index (χ0n) is 10.2. The van der Waals surface area contributed by atoms with Crippen molar-refractivity contribution in [2.24, 2.45) is 5.41 Å². The maximum Gasteiger partial charge on any atom is 0.325 e. The third-order valence-electron chi connectivity index (χ3n) is 3.30. The average Bonchev–Trinajstić information content (AvgIpc) is 1.99. The maximum atomic E-state index is 11.7. The van der Waals surface area contributed by atoms with Crippen molar-refractivity contribution < 1.29 is 9.90 Å². The lowest BCUT2D eigenvalue weighted by Crippen LogP contribution is -2.73. The first-order valence-electron chi connectivity index (χ1n) is 5.27. The minimum absolute atomic E-state index is 0.296. The summed E-state index contributed by atoms with van der Waals surface area (Å²) >= 11 is 1.74. The molecule has 0 saturated carbocycles. The van der Waals surface area contributed by atoms with Gasteiger partial charge in [-0.05, 0) is 19.3 Å². The quantitative estimate of drug-likeness (QED) is 0.724. The first kappa shape index (κ1) is 12.8. The van der Waals surface area contributed by atoms with E-state index in [1.165, 1.54) is 0 Å². The van der Waals surface area contributed by atoms with Gasteiger partial charge >= 0.3 is 5.97 Å². The van der Waals surface area contributed by atoms with E-state index < -0.39 is 11.5 Å². The number of carbonyl (C=O) groups is 1. The standard InChI is InChI=1S/C11H21NO2S/c1-9(2,3)11(8(13)14)10(4,5)15-7-6-12-11/h12H,6-7H2,1-5H3,(H,13,14)/t11-/m1/s1. The number of carboxylic acid groups (broad SMARTS) is 1. The molecule has 1 heterocycles. The molecule has 2 N–H and O–H groups in total. The Kier molecular flexibility index (Phi) is 3.14. The summed E-state index contributed by atoms with van der Waals surface area (Å²) in [6.07, 6.45) is 0. The Labute approximate surface area is 96.0 Å². The molecular weight excluding hydrogens is 210 g/mol. The average molecular weight is 231 g/mol. The Bertz CT molecular complexity index is 270. The predicted octanol–water partition coefficient (Wildman–Crippen LogP) is 1.97. The lowest BCUT2D eigenvalue weighted by Gasteiger charge is -2.54. The highest BCUT2D eigenvalue weighted by atomic mass is 32.2. The Morgan fingerprint density at radius 1 is 1.40 bits per heavy atom. The van der Waals surface area contributed by atoms with E-state index in [4.69, 9.17) is 0 Å². The van der Waals surface area contributed by atoms with Crippen LogP contribution < -0.4 is 5.32 Å². The number of hydrogen-bond acceptors (Lipinski definition) is 3. The van der Waals surface area contributed by atoms with Gasteiger partial charge in [0.25, 0.3) is 0 Å².